The summed E-state index contributed by atoms with van der Waals surface area (Å²) in [7, 11) is -4.53. The Hall–Kier alpha value is -3.21. The van der Waals surface area contributed by atoms with Crippen molar-refractivity contribution in [3.05, 3.63) is 54.2 Å². The fourth-order valence-corrected chi connectivity index (χ4v) is 4.62. The van der Waals surface area contributed by atoms with Gasteiger partial charge < -0.3 is 14.6 Å². The lowest BCUT2D eigenvalue weighted by molar-refractivity contribution is -0.275. The van der Waals surface area contributed by atoms with Crippen molar-refractivity contribution in [3.63, 3.8) is 0 Å². The number of hydrogen-bond donors (Lipinski definition) is 1. The van der Waals surface area contributed by atoms with Gasteiger partial charge in [0.15, 0.2) is 0 Å². The SMILES string of the molecule is CCOc1ccc2c(CCC(=O)O)cn(S(=O)(=O)c3ccccc3OC(F)(F)F)c2c1. The molecule has 0 unspecified atom stereocenters. The predicted molar refractivity (Wildman–Crippen MR) is 105 cm³/mol. The lowest BCUT2D eigenvalue weighted by atomic mass is 10.1. The molecule has 7 nitrogen and oxygen atoms in total. The van der Waals surface area contributed by atoms with E-state index in [2.05, 4.69) is 4.74 Å². The monoisotopic (exact) mass is 457 g/mol. The minimum Gasteiger partial charge on any atom is -0.494 e. The van der Waals surface area contributed by atoms with Gasteiger partial charge in [0, 0.05) is 24.1 Å². The number of rotatable bonds is 8. The standard InChI is InChI=1S/C20H18F3NO6S/c1-2-29-14-8-9-15-13(7-10-19(25)26)12-24(16(15)11-14)31(27,28)18-6-4-3-5-17(18)30-20(21,22)23/h3-6,8-9,11-12H,2,7,10H2,1H3,(H,25,26). The number of carbonyl (C=O) groups is 1. The average Bonchev–Trinajstić information content (AvgIpc) is 3.04. The third-order valence-electron chi connectivity index (χ3n) is 4.36. The molecule has 0 saturated heterocycles. The van der Waals surface area contributed by atoms with Gasteiger partial charge >= 0.3 is 12.3 Å². The highest BCUT2D eigenvalue weighted by molar-refractivity contribution is 7.90. The number of alkyl halides is 3. The number of aliphatic carboxylic acids is 1. The highest BCUT2D eigenvalue weighted by Crippen LogP contribution is 2.34. The largest absolute Gasteiger partial charge is 0.573 e. The molecule has 0 aliphatic heterocycles. The van der Waals surface area contributed by atoms with E-state index < -0.39 is 33.0 Å². The molecular formula is C20H18F3NO6S. The van der Waals surface area contributed by atoms with E-state index >= 15 is 0 Å². The molecule has 0 bridgehead atoms. The van der Waals surface area contributed by atoms with Crippen molar-refractivity contribution in [1.29, 1.82) is 0 Å². The molecule has 3 rings (SSSR count). The lowest BCUT2D eigenvalue weighted by Crippen LogP contribution is -2.20. The molecule has 0 atom stereocenters. The van der Waals surface area contributed by atoms with Crippen LogP contribution >= 0.6 is 0 Å². The maximum Gasteiger partial charge on any atom is 0.573 e. The highest BCUT2D eigenvalue weighted by atomic mass is 32.2. The Morgan fingerprint density at radius 2 is 1.87 bits per heavy atom. The number of carboxylic acids is 1. The molecule has 0 aliphatic rings. The summed E-state index contributed by atoms with van der Waals surface area (Å²) in [6.07, 6.45) is -4.09. The average molecular weight is 457 g/mol. The molecule has 31 heavy (non-hydrogen) atoms. The maximum absolute atomic E-state index is 13.3. The molecular weight excluding hydrogens is 439 g/mol. The van der Waals surface area contributed by atoms with E-state index in [9.17, 15) is 26.4 Å². The number of halogens is 3. The van der Waals surface area contributed by atoms with Gasteiger partial charge in [-0.1, -0.05) is 12.1 Å². The Labute approximate surface area is 175 Å². The second-order valence-electron chi connectivity index (χ2n) is 6.46. The maximum atomic E-state index is 13.3. The first-order chi connectivity index (χ1) is 14.5. The van der Waals surface area contributed by atoms with Gasteiger partial charge in [-0.05, 0) is 43.2 Å². The Morgan fingerprint density at radius 1 is 1.16 bits per heavy atom. The molecule has 3 aromatic rings. The van der Waals surface area contributed by atoms with Crippen LogP contribution in [0.3, 0.4) is 0 Å². The van der Waals surface area contributed by atoms with Gasteiger partial charge in [-0.25, -0.2) is 12.4 Å². The number of aryl methyl sites for hydroxylation is 1. The molecule has 0 spiro atoms. The first-order valence-electron chi connectivity index (χ1n) is 9.12. The molecule has 0 aliphatic carbocycles. The van der Waals surface area contributed by atoms with Crippen LogP contribution in [0.5, 0.6) is 11.5 Å². The van der Waals surface area contributed by atoms with E-state index in [1.54, 1.807) is 19.1 Å². The van der Waals surface area contributed by atoms with Crippen molar-refractivity contribution >= 4 is 26.9 Å². The number of para-hydroxylation sites is 1. The molecule has 1 aromatic heterocycles. The molecule has 0 radical (unpaired) electrons. The zero-order valence-electron chi connectivity index (χ0n) is 16.2. The van der Waals surface area contributed by atoms with E-state index in [-0.39, 0.29) is 18.4 Å². The summed E-state index contributed by atoms with van der Waals surface area (Å²) in [4.78, 5) is 10.3. The van der Waals surface area contributed by atoms with Crippen LogP contribution in [0.15, 0.2) is 53.6 Å². The number of hydrogen-bond acceptors (Lipinski definition) is 5. The zero-order chi connectivity index (χ0) is 22.8. The summed E-state index contributed by atoms with van der Waals surface area (Å²) < 4.78 is 75.2. The smallest absolute Gasteiger partial charge is 0.494 e. The van der Waals surface area contributed by atoms with Crippen LogP contribution in [0, 0.1) is 0 Å². The Balaban J connectivity index is 2.21. The Kier molecular flexibility index (Phi) is 6.16. The summed E-state index contributed by atoms with van der Waals surface area (Å²) in [5.74, 6) is -1.59. The molecule has 0 saturated carbocycles. The third-order valence-corrected chi connectivity index (χ3v) is 6.07. The van der Waals surface area contributed by atoms with Gasteiger partial charge in [0.2, 0.25) is 0 Å². The lowest BCUT2D eigenvalue weighted by Gasteiger charge is -2.14. The third kappa shape index (κ3) is 4.93. The van der Waals surface area contributed by atoms with Crippen molar-refractivity contribution in [2.75, 3.05) is 6.61 Å². The number of ether oxygens (including phenoxy) is 2. The van der Waals surface area contributed by atoms with E-state index in [4.69, 9.17) is 9.84 Å². The summed E-state index contributed by atoms with van der Waals surface area (Å²) >= 11 is 0. The van der Waals surface area contributed by atoms with E-state index in [1.165, 1.54) is 24.4 Å². The predicted octanol–water partition coefficient (Wildman–Crippen LogP) is 4.19. The van der Waals surface area contributed by atoms with Crippen LogP contribution in [0.4, 0.5) is 13.2 Å². The summed E-state index contributed by atoms with van der Waals surface area (Å²) in [5, 5.41) is 9.43. The number of fused-ring (bicyclic) bond motifs is 1. The quantitative estimate of drug-likeness (QED) is 0.545. The van der Waals surface area contributed by atoms with E-state index in [0.29, 0.717) is 23.3 Å². The van der Waals surface area contributed by atoms with Gasteiger partial charge in [0.05, 0.1) is 12.1 Å². The number of carboxylic acid groups (broad SMARTS) is 1. The van der Waals surface area contributed by atoms with Crippen molar-refractivity contribution in [2.24, 2.45) is 0 Å². The Morgan fingerprint density at radius 3 is 2.52 bits per heavy atom. The second-order valence-corrected chi connectivity index (χ2v) is 8.24. The van der Waals surface area contributed by atoms with Gasteiger partial charge in [0.25, 0.3) is 10.0 Å². The van der Waals surface area contributed by atoms with Crippen molar-refractivity contribution in [2.45, 2.75) is 31.0 Å². The van der Waals surface area contributed by atoms with Crippen LogP contribution in [0.25, 0.3) is 10.9 Å². The minimum absolute atomic E-state index is 0.0308. The first kappa shape index (κ1) is 22.5. The molecule has 1 N–H and O–H groups in total. The van der Waals surface area contributed by atoms with Crippen molar-refractivity contribution in [1.82, 2.24) is 3.97 Å². The molecule has 1 heterocycles. The van der Waals surface area contributed by atoms with Crippen LogP contribution < -0.4 is 9.47 Å². The second kappa shape index (κ2) is 8.50. The van der Waals surface area contributed by atoms with Gasteiger partial charge in [0.1, 0.15) is 16.4 Å². The van der Waals surface area contributed by atoms with Gasteiger partial charge in [-0.2, -0.15) is 0 Å². The Bertz CT molecular complexity index is 1220. The molecule has 0 fully saturated rings. The van der Waals surface area contributed by atoms with Gasteiger partial charge in [-0.3, -0.25) is 4.79 Å². The van der Waals surface area contributed by atoms with Crippen LogP contribution in [-0.4, -0.2) is 36.4 Å². The molecule has 2 aromatic carbocycles. The minimum atomic E-state index is -5.08. The van der Waals surface area contributed by atoms with Crippen LogP contribution in [0.2, 0.25) is 0 Å². The highest BCUT2D eigenvalue weighted by Gasteiger charge is 2.34. The van der Waals surface area contributed by atoms with Crippen molar-refractivity contribution in [3.8, 4) is 11.5 Å². The fraction of sp³-hybridized carbons (Fsp3) is 0.250. The number of aromatic nitrogens is 1. The summed E-state index contributed by atoms with van der Waals surface area (Å²) in [6.45, 7) is 2.05. The van der Waals surface area contributed by atoms with Crippen molar-refractivity contribution < 1.29 is 41.0 Å². The van der Waals surface area contributed by atoms with Gasteiger partial charge in [-0.15, -0.1) is 13.2 Å². The zero-order valence-corrected chi connectivity index (χ0v) is 17.0. The molecule has 166 valence electrons. The summed E-state index contributed by atoms with van der Waals surface area (Å²) in [6, 6.07) is 9.04. The topological polar surface area (TPSA) is 94.8 Å². The van der Waals surface area contributed by atoms with Crippen LogP contribution in [-0.2, 0) is 21.2 Å². The molecule has 0 amide bonds. The first-order valence-corrected chi connectivity index (χ1v) is 10.6. The van der Waals surface area contributed by atoms with Crippen LogP contribution in [0.1, 0.15) is 18.9 Å². The van der Waals surface area contributed by atoms with E-state index in [0.717, 1.165) is 16.1 Å². The number of nitrogens with zero attached hydrogens (tertiary/aromatic N) is 1. The molecule has 11 heteroatoms. The summed E-state index contributed by atoms with van der Waals surface area (Å²) in [5.41, 5.74) is 0.561. The van der Waals surface area contributed by atoms with E-state index in [1.807, 2.05) is 0 Å². The normalized spacial score (nSPS) is 12.1. The number of benzene rings is 2. The fourth-order valence-electron chi connectivity index (χ4n) is 3.12.